The standard InChI is InChI=1S/C23H28N2O4S/c1-6-20(24-30(27,28)22-16(3)11-15(2)12-17(22)4)14-25-10-9-18-13-19(23(26)29-5)7-8-21(18)25/h7-13,20,24H,6,14H2,1-5H3/t20-/m0/s1. The van der Waals surface area contributed by atoms with Gasteiger partial charge < -0.3 is 9.30 Å². The fourth-order valence-electron chi connectivity index (χ4n) is 3.96. The lowest BCUT2D eigenvalue weighted by Crippen LogP contribution is -2.38. The monoisotopic (exact) mass is 428 g/mol. The van der Waals surface area contributed by atoms with E-state index in [1.165, 1.54) is 7.11 Å². The summed E-state index contributed by atoms with van der Waals surface area (Å²) >= 11 is 0. The fourth-order valence-corrected chi connectivity index (χ4v) is 5.72. The molecule has 0 amide bonds. The zero-order valence-electron chi connectivity index (χ0n) is 18.0. The SMILES string of the molecule is CC[C@@H](Cn1ccc2cc(C(=O)OC)ccc21)NS(=O)(=O)c1c(C)cc(C)cc1C. The maximum atomic E-state index is 13.1. The van der Waals surface area contributed by atoms with Gasteiger partial charge in [-0.3, -0.25) is 0 Å². The number of fused-ring (bicyclic) bond motifs is 1. The van der Waals surface area contributed by atoms with E-state index >= 15 is 0 Å². The van der Waals surface area contributed by atoms with E-state index in [1.54, 1.807) is 12.1 Å². The Morgan fingerprint density at radius 1 is 1.10 bits per heavy atom. The molecule has 0 aliphatic carbocycles. The molecule has 160 valence electrons. The Morgan fingerprint density at radius 2 is 1.77 bits per heavy atom. The Kier molecular flexibility index (Phi) is 6.33. The van der Waals surface area contributed by atoms with Gasteiger partial charge in [-0.25, -0.2) is 17.9 Å². The number of benzene rings is 2. The van der Waals surface area contributed by atoms with Crippen molar-refractivity contribution in [1.82, 2.24) is 9.29 Å². The molecule has 0 fully saturated rings. The number of methoxy groups -OCH3 is 1. The smallest absolute Gasteiger partial charge is 0.337 e. The number of nitrogens with one attached hydrogen (secondary N) is 1. The Labute approximate surface area is 177 Å². The first-order valence-electron chi connectivity index (χ1n) is 9.93. The molecule has 6 nitrogen and oxygen atoms in total. The van der Waals surface area contributed by atoms with Crippen LogP contribution >= 0.6 is 0 Å². The molecule has 0 bridgehead atoms. The molecule has 7 heteroatoms. The van der Waals surface area contributed by atoms with Crippen LogP contribution < -0.4 is 4.72 Å². The molecule has 3 rings (SSSR count). The van der Waals surface area contributed by atoms with Crippen LogP contribution in [0.3, 0.4) is 0 Å². The molecule has 0 saturated heterocycles. The van der Waals surface area contributed by atoms with Crippen molar-refractivity contribution in [3.63, 3.8) is 0 Å². The third-order valence-corrected chi connectivity index (χ3v) is 7.12. The van der Waals surface area contributed by atoms with Gasteiger partial charge in [0.25, 0.3) is 0 Å². The van der Waals surface area contributed by atoms with Crippen LogP contribution in [0.15, 0.2) is 47.5 Å². The Hall–Kier alpha value is -2.64. The van der Waals surface area contributed by atoms with Crippen molar-refractivity contribution in [3.8, 4) is 0 Å². The molecular weight excluding hydrogens is 400 g/mol. The number of esters is 1. The zero-order chi connectivity index (χ0) is 22.1. The van der Waals surface area contributed by atoms with Gasteiger partial charge in [-0.2, -0.15) is 0 Å². The number of carbonyl (C=O) groups is 1. The van der Waals surface area contributed by atoms with Gasteiger partial charge in [-0.05, 0) is 62.6 Å². The van der Waals surface area contributed by atoms with Crippen LogP contribution in [0.1, 0.15) is 40.4 Å². The average Bonchev–Trinajstić information content (AvgIpc) is 3.07. The summed E-state index contributed by atoms with van der Waals surface area (Å²) < 4.78 is 35.9. The van der Waals surface area contributed by atoms with E-state index in [-0.39, 0.29) is 12.0 Å². The number of hydrogen-bond acceptors (Lipinski definition) is 4. The molecule has 30 heavy (non-hydrogen) atoms. The summed E-state index contributed by atoms with van der Waals surface area (Å²) in [6.07, 6.45) is 2.55. The fraction of sp³-hybridized carbons (Fsp3) is 0.348. The summed E-state index contributed by atoms with van der Waals surface area (Å²) in [4.78, 5) is 12.1. The highest BCUT2D eigenvalue weighted by molar-refractivity contribution is 7.89. The molecule has 0 aliphatic rings. The molecule has 1 aromatic heterocycles. The van der Waals surface area contributed by atoms with Crippen molar-refractivity contribution >= 4 is 26.9 Å². The van der Waals surface area contributed by atoms with E-state index in [0.717, 1.165) is 27.6 Å². The molecule has 2 aromatic carbocycles. The van der Waals surface area contributed by atoms with Gasteiger partial charge in [-0.1, -0.05) is 24.6 Å². The lowest BCUT2D eigenvalue weighted by molar-refractivity contribution is 0.0601. The second-order valence-corrected chi connectivity index (χ2v) is 9.34. The third kappa shape index (κ3) is 4.42. The summed E-state index contributed by atoms with van der Waals surface area (Å²) in [6, 6.07) is 10.8. The van der Waals surface area contributed by atoms with Gasteiger partial charge in [0.15, 0.2) is 0 Å². The largest absolute Gasteiger partial charge is 0.465 e. The third-order valence-electron chi connectivity index (χ3n) is 5.30. The number of hydrogen-bond donors (Lipinski definition) is 1. The second-order valence-electron chi connectivity index (χ2n) is 7.69. The molecule has 1 N–H and O–H groups in total. The molecule has 0 saturated carbocycles. The quantitative estimate of drug-likeness (QED) is 0.575. The van der Waals surface area contributed by atoms with Crippen LogP contribution in [0.25, 0.3) is 10.9 Å². The zero-order valence-corrected chi connectivity index (χ0v) is 18.8. The van der Waals surface area contributed by atoms with Gasteiger partial charge in [0, 0.05) is 29.7 Å². The molecule has 3 aromatic rings. The highest BCUT2D eigenvalue weighted by atomic mass is 32.2. The Morgan fingerprint density at radius 3 is 2.37 bits per heavy atom. The second kappa shape index (κ2) is 8.62. The first kappa shape index (κ1) is 22.1. The molecular formula is C23H28N2O4S. The summed E-state index contributed by atoms with van der Waals surface area (Å²) in [7, 11) is -2.30. The van der Waals surface area contributed by atoms with E-state index in [4.69, 9.17) is 4.74 Å². The van der Waals surface area contributed by atoms with Crippen LogP contribution in [0.4, 0.5) is 0 Å². The van der Waals surface area contributed by atoms with Crippen molar-refractivity contribution < 1.29 is 17.9 Å². The minimum absolute atomic E-state index is 0.272. The highest BCUT2D eigenvalue weighted by Gasteiger charge is 2.23. The van der Waals surface area contributed by atoms with Crippen molar-refractivity contribution in [2.75, 3.05) is 7.11 Å². The maximum absolute atomic E-state index is 13.1. The number of sulfonamides is 1. The lowest BCUT2D eigenvalue weighted by atomic mass is 10.1. The lowest BCUT2D eigenvalue weighted by Gasteiger charge is -2.20. The van der Waals surface area contributed by atoms with E-state index < -0.39 is 10.0 Å². The van der Waals surface area contributed by atoms with Gasteiger partial charge in [0.05, 0.1) is 17.6 Å². The summed E-state index contributed by atoms with van der Waals surface area (Å²) in [5, 5.41) is 0.904. The van der Waals surface area contributed by atoms with Crippen molar-refractivity contribution in [2.45, 2.75) is 51.6 Å². The average molecular weight is 429 g/mol. The Balaban J connectivity index is 1.86. The van der Waals surface area contributed by atoms with Crippen LogP contribution in [-0.4, -0.2) is 32.1 Å². The number of aromatic nitrogens is 1. The molecule has 1 heterocycles. The molecule has 0 radical (unpaired) electrons. The molecule has 0 spiro atoms. The first-order valence-corrected chi connectivity index (χ1v) is 11.4. The minimum Gasteiger partial charge on any atom is -0.465 e. The van der Waals surface area contributed by atoms with Gasteiger partial charge in [-0.15, -0.1) is 0 Å². The number of carbonyl (C=O) groups excluding carboxylic acids is 1. The van der Waals surface area contributed by atoms with E-state index in [9.17, 15) is 13.2 Å². The van der Waals surface area contributed by atoms with Crippen molar-refractivity contribution in [2.24, 2.45) is 0 Å². The molecule has 0 aliphatic heterocycles. The summed E-state index contributed by atoms with van der Waals surface area (Å²) in [5.41, 5.74) is 3.96. The maximum Gasteiger partial charge on any atom is 0.337 e. The predicted octanol–water partition coefficient (Wildman–Crippen LogP) is 4.11. The van der Waals surface area contributed by atoms with Gasteiger partial charge in [0.1, 0.15) is 0 Å². The minimum atomic E-state index is -3.65. The van der Waals surface area contributed by atoms with E-state index in [1.807, 2.05) is 62.7 Å². The van der Waals surface area contributed by atoms with Crippen LogP contribution in [0.5, 0.6) is 0 Å². The first-order chi connectivity index (χ1) is 14.2. The van der Waals surface area contributed by atoms with E-state index in [0.29, 0.717) is 23.4 Å². The predicted molar refractivity (Wildman–Crippen MR) is 118 cm³/mol. The number of rotatable bonds is 7. The van der Waals surface area contributed by atoms with Crippen molar-refractivity contribution in [1.29, 1.82) is 0 Å². The summed E-state index contributed by atoms with van der Waals surface area (Å²) in [5.74, 6) is -0.382. The van der Waals surface area contributed by atoms with Crippen molar-refractivity contribution in [3.05, 3.63) is 64.8 Å². The highest BCUT2D eigenvalue weighted by Crippen LogP contribution is 2.23. The van der Waals surface area contributed by atoms with Crippen LogP contribution in [-0.2, 0) is 21.3 Å². The van der Waals surface area contributed by atoms with Gasteiger partial charge >= 0.3 is 5.97 Å². The van der Waals surface area contributed by atoms with Crippen LogP contribution in [0.2, 0.25) is 0 Å². The Bertz CT molecular complexity index is 1170. The number of aryl methyl sites for hydroxylation is 3. The van der Waals surface area contributed by atoms with E-state index in [2.05, 4.69) is 4.72 Å². The van der Waals surface area contributed by atoms with Crippen LogP contribution in [0, 0.1) is 20.8 Å². The molecule has 0 unspecified atom stereocenters. The number of ether oxygens (including phenoxy) is 1. The normalized spacial score (nSPS) is 12.8. The topological polar surface area (TPSA) is 77.4 Å². The summed E-state index contributed by atoms with van der Waals surface area (Å²) in [6.45, 7) is 8.06. The number of nitrogens with zero attached hydrogens (tertiary/aromatic N) is 1. The molecule has 1 atom stereocenters. The van der Waals surface area contributed by atoms with Gasteiger partial charge in [0.2, 0.25) is 10.0 Å².